The van der Waals surface area contributed by atoms with Gasteiger partial charge < -0.3 is 15.5 Å². The van der Waals surface area contributed by atoms with Crippen LogP contribution in [0.25, 0.3) is 0 Å². The Labute approximate surface area is 98.7 Å². The maximum absolute atomic E-state index is 13.1. The third-order valence-electron chi connectivity index (χ3n) is 2.31. The first-order valence-electron chi connectivity index (χ1n) is 5.41. The van der Waals surface area contributed by atoms with Gasteiger partial charge in [-0.15, -0.1) is 0 Å². The van der Waals surface area contributed by atoms with Gasteiger partial charge in [-0.25, -0.2) is 9.37 Å². The number of halogens is 1. The van der Waals surface area contributed by atoms with Crippen LogP contribution >= 0.6 is 0 Å². The van der Waals surface area contributed by atoms with Gasteiger partial charge in [-0.1, -0.05) is 6.92 Å². The number of hydrogen-bond acceptors (Lipinski definition) is 4. The van der Waals surface area contributed by atoms with E-state index in [0.717, 1.165) is 12.2 Å². The first-order valence-corrected chi connectivity index (χ1v) is 5.41. The molecule has 1 aromatic heterocycles. The fourth-order valence-electron chi connectivity index (χ4n) is 1.49. The van der Waals surface area contributed by atoms with Gasteiger partial charge in [0.2, 0.25) is 5.89 Å². The lowest BCUT2D eigenvalue weighted by atomic mass is 10.2. The van der Waals surface area contributed by atoms with Gasteiger partial charge in [0.25, 0.3) is 0 Å². The number of nitrogen functional groups attached to an aromatic ring is 1. The van der Waals surface area contributed by atoms with E-state index in [9.17, 15) is 4.39 Å². The number of nitrogens with two attached hydrogens (primary N) is 1. The Hall–Kier alpha value is -2.04. The van der Waals surface area contributed by atoms with E-state index in [1.165, 1.54) is 12.1 Å². The van der Waals surface area contributed by atoms with E-state index in [4.69, 9.17) is 10.2 Å². The zero-order valence-electron chi connectivity index (χ0n) is 9.53. The van der Waals surface area contributed by atoms with E-state index in [1.54, 1.807) is 12.3 Å². The normalized spacial score (nSPS) is 10.5. The van der Waals surface area contributed by atoms with Crippen LogP contribution in [-0.2, 0) is 13.0 Å². The topological polar surface area (TPSA) is 64.1 Å². The molecule has 0 saturated heterocycles. The zero-order chi connectivity index (χ0) is 12.3. The summed E-state index contributed by atoms with van der Waals surface area (Å²) in [6, 6.07) is 4.30. The monoisotopic (exact) mass is 235 g/mol. The predicted octanol–water partition coefficient (Wildman–Crippen LogP) is 2.57. The highest BCUT2D eigenvalue weighted by Gasteiger charge is 2.03. The Kier molecular flexibility index (Phi) is 3.27. The molecule has 0 aliphatic heterocycles. The molecule has 2 rings (SSSR count). The number of nitrogens with zero attached hydrogens (tertiary/aromatic N) is 1. The molecule has 0 atom stereocenters. The average molecular weight is 235 g/mol. The van der Waals surface area contributed by atoms with Crippen molar-refractivity contribution in [3.8, 4) is 0 Å². The molecule has 0 bridgehead atoms. The van der Waals surface area contributed by atoms with Gasteiger partial charge in [-0.2, -0.15) is 0 Å². The van der Waals surface area contributed by atoms with E-state index in [0.29, 0.717) is 23.8 Å². The SMILES string of the molecule is CCc1cnc(CNc2cc(N)cc(F)c2)o1. The molecule has 3 N–H and O–H groups in total. The van der Waals surface area contributed by atoms with Crippen LogP contribution in [0.3, 0.4) is 0 Å². The lowest BCUT2D eigenvalue weighted by molar-refractivity contribution is 0.466. The van der Waals surface area contributed by atoms with Crippen molar-refractivity contribution in [3.63, 3.8) is 0 Å². The fraction of sp³-hybridized carbons (Fsp3) is 0.250. The minimum atomic E-state index is -0.367. The second kappa shape index (κ2) is 4.86. The molecule has 0 aliphatic carbocycles. The molecule has 1 aromatic carbocycles. The Balaban J connectivity index is 2.01. The second-order valence-corrected chi connectivity index (χ2v) is 3.70. The number of benzene rings is 1. The van der Waals surface area contributed by atoms with E-state index in [-0.39, 0.29) is 5.82 Å². The maximum Gasteiger partial charge on any atom is 0.213 e. The number of oxazole rings is 1. The van der Waals surface area contributed by atoms with Crippen LogP contribution in [0.15, 0.2) is 28.8 Å². The smallest absolute Gasteiger partial charge is 0.213 e. The number of aryl methyl sites for hydroxylation is 1. The van der Waals surface area contributed by atoms with Gasteiger partial charge in [0.1, 0.15) is 11.6 Å². The van der Waals surface area contributed by atoms with Crippen LogP contribution in [0.5, 0.6) is 0 Å². The Morgan fingerprint density at radius 1 is 1.41 bits per heavy atom. The molecule has 2 aromatic rings. The molecule has 0 saturated carbocycles. The Bertz CT molecular complexity index is 490. The van der Waals surface area contributed by atoms with Crippen LogP contribution in [0.4, 0.5) is 15.8 Å². The van der Waals surface area contributed by atoms with Crippen molar-refractivity contribution in [2.24, 2.45) is 0 Å². The second-order valence-electron chi connectivity index (χ2n) is 3.70. The molecule has 0 unspecified atom stereocenters. The van der Waals surface area contributed by atoms with Crippen LogP contribution in [0, 0.1) is 5.82 Å². The van der Waals surface area contributed by atoms with E-state index in [1.807, 2.05) is 6.92 Å². The van der Waals surface area contributed by atoms with Crippen molar-refractivity contribution in [2.45, 2.75) is 19.9 Å². The van der Waals surface area contributed by atoms with E-state index in [2.05, 4.69) is 10.3 Å². The number of hydrogen-bond donors (Lipinski definition) is 2. The Morgan fingerprint density at radius 2 is 2.24 bits per heavy atom. The van der Waals surface area contributed by atoms with Crippen LogP contribution in [0.2, 0.25) is 0 Å². The summed E-state index contributed by atoms with van der Waals surface area (Å²) in [5, 5.41) is 3.00. The van der Waals surface area contributed by atoms with Gasteiger partial charge in [-0.05, 0) is 18.2 Å². The number of rotatable bonds is 4. The molecule has 0 amide bonds. The molecule has 0 spiro atoms. The van der Waals surface area contributed by atoms with Crippen LogP contribution in [0.1, 0.15) is 18.6 Å². The number of aromatic nitrogens is 1. The predicted molar refractivity (Wildman–Crippen MR) is 64.0 cm³/mol. The van der Waals surface area contributed by atoms with Gasteiger partial charge in [0.15, 0.2) is 0 Å². The Morgan fingerprint density at radius 3 is 2.88 bits per heavy atom. The maximum atomic E-state index is 13.1. The molecule has 4 nitrogen and oxygen atoms in total. The summed E-state index contributed by atoms with van der Waals surface area (Å²) in [4.78, 5) is 4.09. The molecular weight excluding hydrogens is 221 g/mol. The summed E-state index contributed by atoms with van der Waals surface area (Å²) in [5.41, 5.74) is 6.53. The molecule has 0 aliphatic rings. The minimum Gasteiger partial charge on any atom is -0.444 e. The standard InChI is InChI=1S/C12H14FN3O/c1-2-11-6-16-12(17-11)7-15-10-4-8(13)3-9(14)5-10/h3-6,15H,2,7,14H2,1H3. The zero-order valence-corrected chi connectivity index (χ0v) is 9.53. The summed E-state index contributed by atoms with van der Waals surface area (Å²) in [6.45, 7) is 2.40. The summed E-state index contributed by atoms with van der Waals surface area (Å²) < 4.78 is 18.5. The first kappa shape index (κ1) is 11.4. The number of anilines is 2. The molecule has 1 heterocycles. The third kappa shape index (κ3) is 2.96. The van der Waals surface area contributed by atoms with Crippen LogP contribution in [-0.4, -0.2) is 4.98 Å². The minimum absolute atomic E-state index is 0.367. The summed E-state index contributed by atoms with van der Waals surface area (Å²) >= 11 is 0. The molecule has 90 valence electrons. The quantitative estimate of drug-likeness (QED) is 0.799. The highest BCUT2D eigenvalue weighted by atomic mass is 19.1. The molecule has 0 radical (unpaired) electrons. The lowest BCUT2D eigenvalue weighted by Gasteiger charge is -2.05. The van der Waals surface area contributed by atoms with Gasteiger partial charge in [0, 0.05) is 17.8 Å². The fourth-order valence-corrected chi connectivity index (χ4v) is 1.49. The van der Waals surface area contributed by atoms with E-state index < -0.39 is 0 Å². The highest BCUT2D eigenvalue weighted by Crippen LogP contribution is 2.16. The number of nitrogens with one attached hydrogen (secondary N) is 1. The first-order chi connectivity index (χ1) is 8.17. The van der Waals surface area contributed by atoms with Gasteiger partial charge >= 0.3 is 0 Å². The summed E-state index contributed by atoms with van der Waals surface area (Å²) in [5.74, 6) is 1.04. The van der Waals surface area contributed by atoms with Crippen molar-refractivity contribution < 1.29 is 8.81 Å². The molecule has 5 heteroatoms. The lowest BCUT2D eigenvalue weighted by Crippen LogP contribution is -2.00. The van der Waals surface area contributed by atoms with Gasteiger partial charge in [0.05, 0.1) is 12.7 Å². The van der Waals surface area contributed by atoms with Crippen LogP contribution < -0.4 is 11.1 Å². The van der Waals surface area contributed by atoms with Crippen molar-refractivity contribution in [1.82, 2.24) is 4.98 Å². The van der Waals surface area contributed by atoms with E-state index >= 15 is 0 Å². The largest absolute Gasteiger partial charge is 0.444 e. The average Bonchev–Trinajstić information content (AvgIpc) is 2.73. The van der Waals surface area contributed by atoms with Gasteiger partial charge in [-0.3, -0.25) is 0 Å². The van der Waals surface area contributed by atoms with Crippen molar-refractivity contribution >= 4 is 11.4 Å². The summed E-state index contributed by atoms with van der Waals surface area (Å²) in [7, 11) is 0. The van der Waals surface area contributed by atoms with Crippen molar-refractivity contribution in [3.05, 3.63) is 41.9 Å². The summed E-state index contributed by atoms with van der Waals surface area (Å²) in [6.07, 6.45) is 2.50. The van der Waals surface area contributed by atoms with Crippen molar-refractivity contribution in [2.75, 3.05) is 11.1 Å². The van der Waals surface area contributed by atoms with Crippen molar-refractivity contribution in [1.29, 1.82) is 0 Å². The third-order valence-corrected chi connectivity index (χ3v) is 2.31. The highest BCUT2D eigenvalue weighted by molar-refractivity contribution is 5.54. The molecule has 17 heavy (non-hydrogen) atoms. The molecular formula is C12H14FN3O. The molecule has 0 fully saturated rings.